The molecule has 1 aromatic carbocycles. The van der Waals surface area contributed by atoms with Crippen LogP contribution in [0.1, 0.15) is 58.7 Å². The number of carboxylic acid groups (broad SMARTS) is 1. The van der Waals surface area contributed by atoms with Gasteiger partial charge in [-0.15, -0.1) is 0 Å². The predicted molar refractivity (Wildman–Crippen MR) is 154 cm³/mol. The lowest BCUT2D eigenvalue weighted by molar-refractivity contribution is 0.0688. The maximum atomic E-state index is 13.1. The summed E-state index contributed by atoms with van der Waals surface area (Å²) >= 11 is 6.19. The van der Waals surface area contributed by atoms with E-state index in [0.717, 1.165) is 5.56 Å². The van der Waals surface area contributed by atoms with Gasteiger partial charge in [-0.1, -0.05) is 37.6 Å². The number of benzene rings is 1. The van der Waals surface area contributed by atoms with Crippen LogP contribution in [0.5, 0.6) is 5.88 Å². The van der Waals surface area contributed by atoms with Gasteiger partial charge in [-0.2, -0.15) is 10.1 Å². The molecule has 0 aliphatic heterocycles. The lowest BCUT2D eigenvalue weighted by atomic mass is 9.92. The zero-order valence-electron chi connectivity index (χ0n) is 23.4. The number of anilines is 2. The van der Waals surface area contributed by atoms with Crippen molar-refractivity contribution in [3.63, 3.8) is 0 Å². The van der Waals surface area contributed by atoms with E-state index in [9.17, 15) is 14.7 Å². The molecule has 3 aromatic heterocycles. The number of pyridine rings is 1. The quantitative estimate of drug-likeness (QED) is 0.303. The molecule has 0 aliphatic rings. The van der Waals surface area contributed by atoms with Crippen LogP contribution >= 0.6 is 11.6 Å². The third-order valence-electron chi connectivity index (χ3n) is 6.37. The van der Waals surface area contributed by atoms with E-state index in [1.807, 2.05) is 20.8 Å². The molecule has 1 atom stereocenters. The molecule has 3 heterocycles. The Morgan fingerprint density at radius 3 is 2.45 bits per heavy atom. The lowest BCUT2D eigenvalue weighted by Crippen LogP contribution is -2.25. The van der Waals surface area contributed by atoms with Crippen molar-refractivity contribution < 1.29 is 14.6 Å². The fourth-order valence-corrected chi connectivity index (χ4v) is 4.73. The molecule has 0 saturated heterocycles. The summed E-state index contributed by atoms with van der Waals surface area (Å²) in [7, 11) is 6.76. The van der Waals surface area contributed by atoms with Crippen molar-refractivity contribution >= 4 is 29.2 Å². The summed E-state index contributed by atoms with van der Waals surface area (Å²) in [4.78, 5) is 36.4. The number of halogens is 1. The van der Waals surface area contributed by atoms with Crippen LogP contribution in [0.4, 0.5) is 11.6 Å². The van der Waals surface area contributed by atoms with Gasteiger partial charge in [-0.25, -0.2) is 14.5 Å². The van der Waals surface area contributed by atoms with E-state index in [0.29, 0.717) is 39.2 Å². The molecule has 1 unspecified atom stereocenters. The number of nitrogens with zero attached hydrogens (tertiary/aromatic N) is 6. The highest BCUT2D eigenvalue weighted by atomic mass is 35.5. The number of nitrogens with one attached hydrogen (secondary N) is 1. The van der Waals surface area contributed by atoms with Gasteiger partial charge in [-0.05, 0) is 42.2 Å². The summed E-state index contributed by atoms with van der Waals surface area (Å²) in [6.45, 7) is 5.76. The Hall–Kier alpha value is -4.38. The molecule has 0 fully saturated rings. The number of ether oxygens (including phenoxy) is 1. The molecule has 0 saturated carbocycles. The van der Waals surface area contributed by atoms with Gasteiger partial charge in [0.1, 0.15) is 11.4 Å². The van der Waals surface area contributed by atoms with Crippen LogP contribution in [-0.4, -0.2) is 56.6 Å². The SMILES string of the molecule is COc1nc(N(C)C)ncc1-n1nc(C(=O)O)c(C(Nc2cc(C)cn(C)c2=O)c2ccc(Cl)cc2)c1C(C)C. The minimum Gasteiger partial charge on any atom is -0.479 e. The molecule has 0 aliphatic carbocycles. The summed E-state index contributed by atoms with van der Waals surface area (Å²) in [5.74, 6) is -0.771. The summed E-state index contributed by atoms with van der Waals surface area (Å²) in [5, 5.41) is 18.8. The van der Waals surface area contributed by atoms with E-state index in [2.05, 4.69) is 20.4 Å². The summed E-state index contributed by atoms with van der Waals surface area (Å²) in [6.07, 6.45) is 3.28. The molecule has 11 nitrogen and oxygen atoms in total. The molecule has 210 valence electrons. The molecule has 0 spiro atoms. The molecule has 0 amide bonds. The van der Waals surface area contributed by atoms with E-state index in [4.69, 9.17) is 16.3 Å². The summed E-state index contributed by atoms with van der Waals surface area (Å²) < 4.78 is 8.57. The molecule has 12 heteroatoms. The number of aromatic nitrogens is 5. The number of carbonyl (C=O) groups is 1. The molecule has 2 N–H and O–H groups in total. The first kappa shape index (κ1) is 28.6. The fourth-order valence-electron chi connectivity index (χ4n) is 4.60. The Morgan fingerprint density at radius 2 is 1.88 bits per heavy atom. The Balaban J connectivity index is 2.04. The van der Waals surface area contributed by atoms with Crippen molar-refractivity contribution in [3.8, 4) is 11.6 Å². The van der Waals surface area contributed by atoms with Crippen LogP contribution in [0.25, 0.3) is 5.69 Å². The van der Waals surface area contributed by atoms with Crippen molar-refractivity contribution in [2.24, 2.45) is 7.05 Å². The van der Waals surface area contributed by atoms with E-state index in [1.54, 1.807) is 68.8 Å². The predicted octanol–water partition coefficient (Wildman–Crippen LogP) is 4.42. The first-order chi connectivity index (χ1) is 18.9. The van der Waals surface area contributed by atoms with Gasteiger partial charge >= 0.3 is 5.97 Å². The number of carboxylic acids is 1. The van der Waals surface area contributed by atoms with Gasteiger partial charge in [0.25, 0.3) is 5.56 Å². The van der Waals surface area contributed by atoms with Crippen LogP contribution in [0, 0.1) is 6.92 Å². The van der Waals surface area contributed by atoms with Crippen LogP contribution in [-0.2, 0) is 7.05 Å². The smallest absolute Gasteiger partial charge is 0.356 e. The molecule has 4 rings (SSSR count). The van der Waals surface area contributed by atoms with Crippen LogP contribution in [0.2, 0.25) is 5.02 Å². The fraction of sp³-hybridized carbons (Fsp3) is 0.321. The molecular formula is C28H32ClN7O4. The molecule has 0 radical (unpaired) electrons. The van der Waals surface area contributed by atoms with E-state index in [1.165, 1.54) is 16.4 Å². The minimum absolute atomic E-state index is 0.181. The monoisotopic (exact) mass is 565 g/mol. The maximum absolute atomic E-state index is 13.1. The maximum Gasteiger partial charge on any atom is 0.356 e. The Bertz CT molecular complexity index is 1610. The van der Waals surface area contributed by atoms with Crippen LogP contribution in [0.15, 0.2) is 47.5 Å². The first-order valence-electron chi connectivity index (χ1n) is 12.6. The van der Waals surface area contributed by atoms with Crippen molar-refractivity contribution in [1.82, 2.24) is 24.3 Å². The highest BCUT2D eigenvalue weighted by Crippen LogP contribution is 2.37. The Kier molecular flexibility index (Phi) is 8.15. The second-order valence-electron chi connectivity index (χ2n) is 9.95. The summed E-state index contributed by atoms with van der Waals surface area (Å²) in [5.41, 5.74) is 2.81. The second kappa shape index (κ2) is 11.4. The average molecular weight is 566 g/mol. The van der Waals surface area contributed by atoms with Crippen molar-refractivity contribution in [2.45, 2.75) is 32.7 Å². The van der Waals surface area contributed by atoms with Crippen molar-refractivity contribution in [2.75, 3.05) is 31.4 Å². The first-order valence-corrected chi connectivity index (χ1v) is 12.9. The third kappa shape index (κ3) is 5.50. The van der Waals surface area contributed by atoms with Gasteiger partial charge in [0, 0.05) is 37.9 Å². The van der Waals surface area contributed by atoms with Gasteiger partial charge in [-0.3, -0.25) is 4.79 Å². The van der Waals surface area contributed by atoms with Gasteiger partial charge in [0.05, 0.1) is 25.0 Å². The third-order valence-corrected chi connectivity index (χ3v) is 6.62. The topological polar surface area (TPSA) is 127 Å². The minimum atomic E-state index is -1.22. The molecule has 4 aromatic rings. The molecule has 40 heavy (non-hydrogen) atoms. The van der Waals surface area contributed by atoms with Gasteiger partial charge < -0.3 is 24.6 Å². The number of aryl methyl sites for hydroxylation is 2. The van der Waals surface area contributed by atoms with Gasteiger partial charge in [0.15, 0.2) is 5.69 Å². The standard InChI is InChI=1S/C28H32ClN7O4/c1-15(2)24-21(23(27(38)39)33-36(24)20-13-30-28(34(4)5)32-25(20)40-7)22(17-8-10-18(29)11-9-17)31-19-12-16(3)14-35(6)26(19)37/h8-15,22,31H,1-7H3,(H,38,39). The Morgan fingerprint density at radius 1 is 1.20 bits per heavy atom. The lowest BCUT2D eigenvalue weighted by Gasteiger charge is -2.24. The van der Waals surface area contributed by atoms with E-state index < -0.39 is 12.0 Å². The number of methoxy groups -OCH3 is 1. The van der Waals surface area contributed by atoms with Crippen LogP contribution < -0.4 is 20.5 Å². The normalized spacial score (nSPS) is 11.9. The van der Waals surface area contributed by atoms with Crippen LogP contribution in [0.3, 0.4) is 0 Å². The van der Waals surface area contributed by atoms with E-state index in [-0.39, 0.29) is 23.1 Å². The Labute approximate surface area is 237 Å². The largest absolute Gasteiger partial charge is 0.479 e. The highest BCUT2D eigenvalue weighted by Gasteiger charge is 2.33. The van der Waals surface area contributed by atoms with Gasteiger partial charge in [0.2, 0.25) is 11.8 Å². The van der Waals surface area contributed by atoms with Crippen molar-refractivity contribution in [1.29, 1.82) is 0 Å². The summed E-state index contributed by atoms with van der Waals surface area (Å²) in [6, 6.07) is 8.00. The highest BCUT2D eigenvalue weighted by molar-refractivity contribution is 6.30. The zero-order valence-corrected chi connectivity index (χ0v) is 24.2. The molecular weight excluding hydrogens is 534 g/mol. The number of hydrogen-bond donors (Lipinski definition) is 2. The number of rotatable bonds is 9. The molecule has 0 bridgehead atoms. The second-order valence-corrected chi connectivity index (χ2v) is 10.4. The number of aromatic carboxylic acids is 1. The zero-order chi connectivity index (χ0) is 29.3. The average Bonchev–Trinajstić information content (AvgIpc) is 3.31. The number of hydrogen-bond acceptors (Lipinski definition) is 8. The van der Waals surface area contributed by atoms with Crippen molar-refractivity contribution in [3.05, 3.63) is 86.2 Å². The van der Waals surface area contributed by atoms with E-state index >= 15 is 0 Å².